The van der Waals surface area contributed by atoms with Crippen LogP contribution in [0.1, 0.15) is 17.4 Å². The summed E-state index contributed by atoms with van der Waals surface area (Å²) in [6, 6.07) is 11.0. The van der Waals surface area contributed by atoms with Crippen LogP contribution in [0.25, 0.3) is 0 Å². The van der Waals surface area contributed by atoms with Crippen molar-refractivity contribution in [3.63, 3.8) is 0 Å². The average Bonchev–Trinajstić information content (AvgIpc) is 2.74. The highest BCUT2D eigenvalue weighted by Crippen LogP contribution is 2.23. The van der Waals surface area contributed by atoms with Gasteiger partial charge in [-0.2, -0.15) is 0 Å². The van der Waals surface area contributed by atoms with Crippen LogP contribution in [-0.2, 0) is 13.1 Å². The summed E-state index contributed by atoms with van der Waals surface area (Å²) >= 11 is 5.22. The minimum Gasteiger partial charge on any atom is -0.294 e. The lowest BCUT2D eigenvalue weighted by atomic mass is 10.2. The zero-order chi connectivity index (χ0) is 13.0. The van der Waals surface area contributed by atoms with Crippen molar-refractivity contribution in [3.05, 3.63) is 56.4 Å². The molecule has 0 fully saturated rings. The van der Waals surface area contributed by atoms with Gasteiger partial charge in [-0.15, -0.1) is 11.3 Å². The Balaban J connectivity index is 2.01. The lowest BCUT2D eigenvalue weighted by Crippen LogP contribution is -2.21. The van der Waals surface area contributed by atoms with Crippen LogP contribution in [-0.4, -0.2) is 11.4 Å². The molecule has 0 aliphatic rings. The second kappa shape index (κ2) is 6.45. The van der Waals surface area contributed by atoms with Gasteiger partial charge in [0, 0.05) is 18.0 Å². The highest BCUT2D eigenvalue weighted by Gasteiger charge is 2.07. The van der Waals surface area contributed by atoms with Gasteiger partial charge in [0.25, 0.3) is 0 Å². The normalized spacial score (nSPS) is 11.1. The molecule has 0 unspecified atom stereocenters. The third-order valence-electron chi connectivity index (χ3n) is 2.75. The van der Waals surface area contributed by atoms with Crippen molar-refractivity contribution in [2.45, 2.75) is 20.0 Å². The van der Waals surface area contributed by atoms with Gasteiger partial charge in [-0.3, -0.25) is 4.90 Å². The van der Waals surface area contributed by atoms with Gasteiger partial charge in [-0.1, -0.05) is 19.1 Å². The van der Waals surface area contributed by atoms with Gasteiger partial charge in [-0.05, 0) is 52.3 Å². The zero-order valence-corrected chi connectivity index (χ0v) is 12.6. The maximum absolute atomic E-state index is 13.1. The van der Waals surface area contributed by atoms with Crippen molar-refractivity contribution in [2.24, 2.45) is 0 Å². The average molecular weight is 328 g/mol. The Kier molecular flexibility index (Phi) is 4.92. The molecule has 2 rings (SSSR count). The van der Waals surface area contributed by atoms with Crippen LogP contribution >= 0.6 is 27.3 Å². The first-order valence-corrected chi connectivity index (χ1v) is 7.49. The molecule has 0 atom stereocenters. The summed E-state index contributed by atoms with van der Waals surface area (Å²) < 4.78 is 14.3. The van der Waals surface area contributed by atoms with Gasteiger partial charge in [-0.25, -0.2) is 4.39 Å². The Labute approximate surface area is 119 Å². The monoisotopic (exact) mass is 327 g/mol. The molecule has 0 saturated heterocycles. The van der Waals surface area contributed by atoms with E-state index in [1.165, 1.54) is 10.9 Å². The molecule has 1 aromatic carbocycles. The first-order valence-electron chi connectivity index (χ1n) is 5.88. The summed E-state index contributed by atoms with van der Waals surface area (Å²) in [5, 5.41) is 0. The molecule has 0 aliphatic carbocycles. The van der Waals surface area contributed by atoms with E-state index in [0.29, 0.717) is 0 Å². The second-order valence-corrected chi connectivity index (χ2v) is 6.69. The van der Waals surface area contributed by atoms with Crippen LogP contribution in [0, 0.1) is 5.82 Å². The van der Waals surface area contributed by atoms with Gasteiger partial charge < -0.3 is 0 Å². The fourth-order valence-corrected chi connectivity index (χ4v) is 3.36. The van der Waals surface area contributed by atoms with Crippen LogP contribution < -0.4 is 0 Å². The van der Waals surface area contributed by atoms with E-state index in [1.54, 1.807) is 23.5 Å². The SMILES string of the molecule is CCN(Cc1cccc(F)c1)Cc1ccc(Br)s1. The number of rotatable bonds is 5. The Hall–Kier alpha value is -0.710. The molecule has 1 aromatic heterocycles. The number of hydrogen-bond donors (Lipinski definition) is 0. The largest absolute Gasteiger partial charge is 0.294 e. The quantitative estimate of drug-likeness (QED) is 0.771. The van der Waals surface area contributed by atoms with Gasteiger partial charge in [0.15, 0.2) is 0 Å². The van der Waals surface area contributed by atoms with Crippen molar-refractivity contribution in [2.75, 3.05) is 6.54 Å². The van der Waals surface area contributed by atoms with Gasteiger partial charge in [0.2, 0.25) is 0 Å². The molecule has 4 heteroatoms. The lowest BCUT2D eigenvalue weighted by Gasteiger charge is -2.19. The highest BCUT2D eigenvalue weighted by molar-refractivity contribution is 9.11. The van der Waals surface area contributed by atoms with E-state index in [2.05, 4.69) is 39.9 Å². The number of hydrogen-bond acceptors (Lipinski definition) is 2. The second-order valence-electron chi connectivity index (χ2n) is 4.14. The first-order chi connectivity index (χ1) is 8.67. The maximum Gasteiger partial charge on any atom is 0.123 e. The van der Waals surface area contributed by atoms with E-state index in [-0.39, 0.29) is 5.82 Å². The predicted octanol–water partition coefficient (Wildman–Crippen LogP) is 4.67. The van der Waals surface area contributed by atoms with Crippen molar-refractivity contribution < 1.29 is 4.39 Å². The Morgan fingerprint density at radius 2 is 2.06 bits per heavy atom. The molecule has 0 radical (unpaired) electrons. The van der Waals surface area contributed by atoms with E-state index < -0.39 is 0 Å². The summed E-state index contributed by atoms with van der Waals surface area (Å²) in [4.78, 5) is 3.62. The lowest BCUT2D eigenvalue weighted by molar-refractivity contribution is 0.273. The molecule has 18 heavy (non-hydrogen) atoms. The van der Waals surface area contributed by atoms with Crippen molar-refractivity contribution >= 4 is 27.3 Å². The van der Waals surface area contributed by atoms with Crippen LogP contribution in [0.3, 0.4) is 0 Å². The topological polar surface area (TPSA) is 3.24 Å². The first kappa shape index (κ1) is 13.7. The van der Waals surface area contributed by atoms with Crippen LogP contribution in [0.5, 0.6) is 0 Å². The summed E-state index contributed by atoms with van der Waals surface area (Å²) in [6.45, 7) is 4.76. The Bertz CT molecular complexity index is 512. The zero-order valence-electron chi connectivity index (χ0n) is 10.2. The molecule has 2 aromatic rings. The van der Waals surface area contributed by atoms with Gasteiger partial charge in [0.1, 0.15) is 5.82 Å². The van der Waals surface area contributed by atoms with Gasteiger partial charge in [0.05, 0.1) is 3.79 Å². The van der Waals surface area contributed by atoms with Crippen molar-refractivity contribution in [3.8, 4) is 0 Å². The maximum atomic E-state index is 13.1. The van der Waals surface area contributed by atoms with Crippen molar-refractivity contribution in [1.29, 1.82) is 0 Å². The molecule has 1 heterocycles. The van der Waals surface area contributed by atoms with E-state index in [4.69, 9.17) is 0 Å². The standard InChI is InChI=1S/C14H15BrFNS/c1-2-17(10-13-6-7-14(15)18-13)9-11-4-3-5-12(16)8-11/h3-8H,2,9-10H2,1H3. The van der Waals surface area contributed by atoms with E-state index >= 15 is 0 Å². The van der Waals surface area contributed by atoms with Crippen LogP contribution in [0.15, 0.2) is 40.2 Å². The molecule has 0 aliphatic heterocycles. The van der Waals surface area contributed by atoms with E-state index in [9.17, 15) is 4.39 Å². The van der Waals surface area contributed by atoms with E-state index in [1.807, 2.05) is 6.07 Å². The molecular formula is C14H15BrFNS. The molecule has 0 saturated carbocycles. The summed E-state index contributed by atoms with van der Waals surface area (Å²) in [7, 11) is 0. The molecule has 0 amide bonds. The van der Waals surface area contributed by atoms with Crippen molar-refractivity contribution in [1.82, 2.24) is 4.90 Å². The Morgan fingerprint density at radius 3 is 2.67 bits per heavy atom. The fourth-order valence-electron chi connectivity index (χ4n) is 1.83. The number of benzene rings is 1. The van der Waals surface area contributed by atoms with E-state index in [0.717, 1.165) is 29.0 Å². The Morgan fingerprint density at radius 1 is 1.22 bits per heavy atom. The molecular weight excluding hydrogens is 313 g/mol. The summed E-state index contributed by atoms with van der Waals surface area (Å²) in [6.07, 6.45) is 0. The predicted molar refractivity (Wildman–Crippen MR) is 78.2 cm³/mol. The number of nitrogens with zero attached hydrogens (tertiary/aromatic N) is 1. The molecule has 96 valence electrons. The summed E-state index contributed by atoms with van der Waals surface area (Å²) in [5.74, 6) is -0.164. The third kappa shape index (κ3) is 3.90. The minimum absolute atomic E-state index is 0.164. The molecule has 0 N–H and O–H groups in total. The number of halogens is 2. The smallest absolute Gasteiger partial charge is 0.123 e. The van der Waals surface area contributed by atoms with Gasteiger partial charge >= 0.3 is 0 Å². The third-order valence-corrected chi connectivity index (χ3v) is 4.36. The molecule has 0 spiro atoms. The minimum atomic E-state index is -0.164. The summed E-state index contributed by atoms with van der Waals surface area (Å²) in [5.41, 5.74) is 1.02. The fraction of sp³-hybridized carbons (Fsp3) is 0.286. The molecule has 1 nitrogen and oxygen atoms in total. The highest BCUT2D eigenvalue weighted by atomic mass is 79.9. The molecule has 0 bridgehead atoms. The van der Waals surface area contributed by atoms with Crippen LogP contribution in [0.4, 0.5) is 4.39 Å². The number of thiophene rings is 1. The van der Waals surface area contributed by atoms with Crippen LogP contribution in [0.2, 0.25) is 0 Å².